The molecule has 5 heteroatoms. The topological polar surface area (TPSA) is 38.3 Å². The highest BCUT2D eigenvalue weighted by atomic mass is 19.1. The summed E-state index contributed by atoms with van der Waals surface area (Å²) >= 11 is 0. The zero-order valence-corrected chi connectivity index (χ0v) is 11.6. The van der Waals surface area contributed by atoms with Crippen molar-refractivity contribution in [1.29, 1.82) is 0 Å². The first kappa shape index (κ1) is 18.5. The fraction of sp³-hybridized carbons (Fsp3) is 0.917. The second-order valence-corrected chi connectivity index (χ2v) is 4.57. The van der Waals surface area contributed by atoms with Crippen LogP contribution in [0, 0.1) is 5.41 Å². The molecule has 0 aromatic heterocycles. The van der Waals surface area contributed by atoms with Gasteiger partial charge in [0.25, 0.3) is 0 Å². The third kappa shape index (κ3) is 8.89. The Kier molecular flexibility index (Phi) is 10.00. The predicted octanol–water partition coefficient (Wildman–Crippen LogP) is 3.48. The van der Waals surface area contributed by atoms with Crippen LogP contribution in [0.1, 0.15) is 41.5 Å². The number of rotatable bonds is 4. The monoisotopic (exact) mass is 253 g/mol. The van der Waals surface area contributed by atoms with Gasteiger partial charge >= 0.3 is 6.09 Å². The molecule has 0 bridgehead atoms. The highest BCUT2D eigenvalue weighted by molar-refractivity contribution is 5.67. The molecule has 1 atom stereocenters. The van der Waals surface area contributed by atoms with E-state index in [0.29, 0.717) is 0 Å². The van der Waals surface area contributed by atoms with Crippen molar-refractivity contribution in [3.05, 3.63) is 0 Å². The zero-order chi connectivity index (χ0) is 14.1. The molecule has 0 fully saturated rings. The van der Waals surface area contributed by atoms with Gasteiger partial charge in [0.1, 0.15) is 13.3 Å². The summed E-state index contributed by atoms with van der Waals surface area (Å²) in [4.78, 5) is 11.2. The summed E-state index contributed by atoms with van der Waals surface area (Å²) in [6, 6.07) is -0.134. The summed E-state index contributed by atoms with van der Waals surface area (Å²) in [5.74, 6) is 0. The molecule has 1 N–H and O–H groups in total. The molecular weight excluding hydrogens is 228 g/mol. The van der Waals surface area contributed by atoms with E-state index in [0.717, 1.165) is 0 Å². The maximum absolute atomic E-state index is 12.0. The molecule has 0 saturated heterocycles. The van der Waals surface area contributed by atoms with Crippen molar-refractivity contribution in [1.82, 2.24) is 5.32 Å². The normalized spacial score (nSPS) is 12.5. The van der Waals surface area contributed by atoms with Gasteiger partial charge in [-0.3, -0.25) is 0 Å². The van der Waals surface area contributed by atoms with Gasteiger partial charge in [0.2, 0.25) is 0 Å². The van der Waals surface area contributed by atoms with Crippen LogP contribution in [0.25, 0.3) is 0 Å². The summed E-state index contributed by atoms with van der Waals surface area (Å²) in [6.07, 6.45) is -2.07. The molecule has 0 rings (SSSR count). The number of ether oxygens (including phenoxy) is 1. The molecule has 17 heavy (non-hydrogen) atoms. The molecule has 0 aromatic rings. The SMILES string of the molecule is CC.CC(NC(=O)OC(CF)CF)C(C)(C)C. The van der Waals surface area contributed by atoms with Crippen LogP contribution in [0.5, 0.6) is 0 Å². The first-order valence-corrected chi connectivity index (χ1v) is 5.90. The Labute approximate surface area is 103 Å². The van der Waals surface area contributed by atoms with Gasteiger partial charge in [-0.1, -0.05) is 34.6 Å². The van der Waals surface area contributed by atoms with Gasteiger partial charge in [0.05, 0.1) is 0 Å². The lowest BCUT2D eigenvalue weighted by molar-refractivity contribution is 0.0603. The van der Waals surface area contributed by atoms with Crippen molar-refractivity contribution in [2.75, 3.05) is 13.3 Å². The molecular formula is C12H25F2NO2. The number of hydrogen-bond acceptors (Lipinski definition) is 2. The van der Waals surface area contributed by atoms with E-state index >= 15 is 0 Å². The van der Waals surface area contributed by atoms with Crippen LogP contribution in [-0.2, 0) is 4.74 Å². The Hall–Kier alpha value is -0.870. The maximum atomic E-state index is 12.0. The first-order chi connectivity index (χ1) is 7.81. The van der Waals surface area contributed by atoms with Gasteiger partial charge in [0, 0.05) is 6.04 Å². The Morgan fingerprint density at radius 3 is 1.94 bits per heavy atom. The largest absolute Gasteiger partial charge is 0.441 e. The average Bonchev–Trinajstić information content (AvgIpc) is 2.27. The van der Waals surface area contributed by atoms with Crippen LogP contribution in [0.2, 0.25) is 0 Å². The predicted molar refractivity (Wildman–Crippen MR) is 65.6 cm³/mol. The second kappa shape index (κ2) is 9.19. The van der Waals surface area contributed by atoms with E-state index in [1.807, 2.05) is 34.6 Å². The van der Waals surface area contributed by atoms with E-state index in [2.05, 4.69) is 10.1 Å². The van der Waals surface area contributed by atoms with Crippen molar-refractivity contribution in [3.8, 4) is 0 Å². The lowest BCUT2D eigenvalue weighted by Crippen LogP contribution is -2.43. The number of carbonyl (C=O) groups is 1. The van der Waals surface area contributed by atoms with Gasteiger partial charge in [-0.2, -0.15) is 0 Å². The molecule has 0 heterocycles. The van der Waals surface area contributed by atoms with Gasteiger partial charge in [0.15, 0.2) is 6.10 Å². The van der Waals surface area contributed by atoms with Crippen LogP contribution in [-0.4, -0.2) is 31.6 Å². The number of amides is 1. The van der Waals surface area contributed by atoms with Crippen LogP contribution in [0.4, 0.5) is 13.6 Å². The summed E-state index contributed by atoms with van der Waals surface area (Å²) < 4.78 is 28.6. The molecule has 0 aliphatic carbocycles. The third-order valence-corrected chi connectivity index (χ3v) is 2.25. The standard InChI is InChI=1S/C10H19F2NO2.C2H6/c1-7(10(2,3)4)13-9(14)15-8(5-11)6-12;1-2/h7-8H,5-6H2,1-4H3,(H,13,14);1-2H3. The minimum atomic E-state index is -1.29. The third-order valence-electron chi connectivity index (χ3n) is 2.25. The minimum Gasteiger partial charge on any atom is -0.441 e. The lowest BCUT2D eigenvalue weighted by Gasteiger charge is -2.28. The van der Waals surface area contributed by atoms with Gasteiger partial charge in [-0.15, -0.1) is 0 Å². The number of carbonyl (C=O) groups excluding carboxylic acids is 1. The van der Waals surface area contributed by atoms with Crippen LogP contribution in [0.3, 0.4) is 0 Å². The molecule has 0 saturated carbocycles. The second-order valence-electron chi connectivity index (χ2n) is 4.57. The molecule has 0 aliphatic rings. The Bertz CT molecular complexity index is 201. The molecule has 104 valence electrons. The van der Waals surface area contributed by atoms with Gasteiger partial charge < -0.3 is 10.1 Å². The molecule has 0 radical (unpaired) electrons. The molecule has 1 unspecified atom stereocenters. The summed E-state index contributed by atoms with van der Waals surface area (Å²) in [5.41, 5.74) is -0.125. The quantitative estimate of drug-likeness (QED) is 0.833. The smallest absolute Gasteiger partial charge is 0.407 e. The van der Waals surface area contributed by atoms with E-state index in [1.165, 1.54) is 0 Å². The van der Waals surface area contributed by atoms with Gasteiger partial charge in [-0.25, -0.2) is 13.6 Å². The highest BCUT2D eigenvalue weighted by Gasteiger charge is 2.23. The van der Waals surface area contributed by atoms with Crippen LogP contribution >= 0.6 is 0 Å². The minimum absolute atomic E-state index is 0.125. The molecule has 1 amide bonds. The maximum Gasteiger partial charge on any atom is 0.407 e. The lowest BCUT2D eigenvalue weighted by atomic mass is 9.88. The van der Waals surface area contributed by atoms with Crippen LogP contribution in [0.15, 0.2) is 0 Å². The molecule has 0 aromatic carbocycles. The van der Waals surface area contributed by atoms with Crippen molar-refractivity contribution >= 4 is 6.09 Å². The Morgan fingerprint density at radius 2 is 1.65 bits per heavy atom. The highest BCUT2D eigenvalue weighted by Crippen LogP contribution is 2.18. The number of hydrogen-bond donors (Lipinski definition) is 1. The van der Waals surface area contributed by atoms with Crippen molar-refractivity contribution < 1.29 is 18.3 Å². The fourth-order valence-electron chi connectivity index (χ4n) is 0.683. The molecule has 0 spiro atoms. The summed E-state index contributed by atoms with van der Waals surface area (Å²) in [6.45, 7) is 9.63. The average molecular weight is 253 g/mol. The number of alkyl halides is 2. The zero-order valence-electron chi connectivity index (χ0n) is 11.6. The fourth-order valence-corrected chi connectivity index (χ4v) is 0.683. The number of halogens is 2. The van der Waals surface area contributed by atoms with E-state index < -0.39 is 25.5 Å². The molecule has 0 aliphatic heterocycles. The van der Waals surface area contributed by atoms with Crippen molar-refractivity contribution in [2.45, 2.75) is 53.7 Å². The first-order valence-electron chi connectivity index (χ1n) is 5.90. The van der Waals surface area contributed by atoms with E-state index in [-0.39, 0.29) is 11.5 Å². The molecule has 3 nitrogen and oxygen atoms in total. The van der Waals surface area contributed by atoms with Crippen molar-refractivity contribution in [3.63, 3.8) is 0 Å². The number of nitrogens with one attached hydrogen (secondary N) is 1. The summed E-state index contributed by atoms with van der Waals surface area (Å²) in [7, 11) is 0. The van der Waals surface area contributed by atoms with Crippen molar-refractivity contribution in [2.24, 2.45) is 5.41 Å². The summed E-state index contributed by atoms with van der Waals surface area (Å²) in [5, 5.41) is 2.52. The number of alkyl carbamates (subject to hydrolysis) is 1. The van der Waals surface area contributed by atoms with E-state index in [1.54, 1.807) is 6.92 Å². The van der Waals surface area contributed by atoms with Gasteiger partial charge in [-0.05, 0) is 12.3 Å². The van der Waals surface area contributed by atoms with E-state index in [9.17, 15) is 13.6 Å². The van der Waals surface area contributed by atoms with Crippen LogP contribution < -0.4 is 5.32 Å². The van der Waals surface area contributed by atoms with E-state index in [4.69, 9.17) is 0 Å². The Balaban J connectivity index is 0. The Morgan fingerprint density at radius 1 is 1.24 bits per heavy atom.